The second-order valence-electron chi connectivity index (χ2n) is 2.03. The van der Waals surface area contributed by atoms with E-state index in [9.17, 15) is 4.79 Å². The van der Waals surface area contributed by atoms with E-state index in [-0.39, 0.29) is 5.78 Å². The van der Waals surface area contributed by atoms with Crippen molar-refractivity contribution >= 4 is 33.3 Å². The Morgan fingerprint density at radius 1 is 1.64 bits per heavy atom. The Balaban J connectivity index is 3.20. The van der Waals surface area contributed by atoms with Crippen molar-refractivity contribution in [3.05, 3.63) is 27.5 Å². The van der Waals surface area contributed by atoms with Gasteiger partial charge in [-0.05, 0) is 35.0 Å². The van der Waals surface area contributed by atoms with Crippen molar-refractivity contribution in [1.82, 2.24) is 4.98 Å². The van der Waals surface area contributed by atoms with Crippen LogP contribution in [0.2, 0.25) is 5.15 Å². The molecule has 4 heteroatoms. The fraction of sp³-hybridized carbons (Fsp3) is 0.143. The number of aromatic nitrogens is 1. The molecule has 0 aliphatic rings. The van der Waals surface area contributed by atoms with Gasteiger partial charge in [-0.2, -0.15) is 0 Å². The van der Waals surface area contributed by atoms with Crippen LogP contribution in [0.1, 0.15) is 17.3 Å². The predicted octanol–water partition coefficient (Wildman–Crippen LogP) is 2.70. The average molecular weight is 234 g/mol. The molecule has 0 saturated carbocycles. The van der Waals surface area contributed by atoms with Crippen LogP contribution in [0.5, 0.6) is 0 Å². The van der Waals surface area contributed by atoms with Crippen LogP contribution >= 0.6 is 27.5 Å². The lowest BCUT2D eigenvalue weighted by molar-refractivity contribution is 0.101. The highest BCUT2D eigenvalue weighted by molar-refractivity contribution is 9.10. The average Bonchev–Trinajstić information content (AvgIpc) is 1.85. The second-order valence-corrected chi connectivity index (χ2v) is 3.17. The highest BCUT2D eigenvalue weighted by Crippen LogP contribution is 2.17. The largest absolute Gasteiger partial charge is 0.294 e. The van der Waals surface area contributed by atoms with Gasteiger partial charge >= 0.3 is 0 Å². The van der Waals surface area contributed by atoms with Gasteiger partial charge in [-0.25, -0.2) is 4.98 Å². The molecule has 0 bridgehead atoms. The van der Waals surface area contributed by atoms with E-state index in [4.69, 9.17) is 11.6 Å². The number of Topliss-reactive ketones (excluding diaryl/α,β-unsaturated/α-hetero) is 1. The lowest BCUT2D eigenvalue weighted by Gasteiger charge is -1.97. The number of hydrogen-bond acceptors (Lipinski definition) is 2. The topological polar surface area (TPSA) is 30.0 Å². The Morgan fingerprint density at radius 3 is 2.73 bits per heavy atom. The third-order valence-electron chi connectivity index (χ3n) is 1.19. The van der Waals surface area contributed by atoms with Gasteiger partial charge in [0.2, 0.25) is 0 Å². The van der Waals surface area contributed by atoms with Gasteiger partial charge in [0.15, 0.2) is 5.78 Å². The van der Waals surface area contributed by atoms with E-state index in [2.05, 4.69) is 20.9 Å². The molecule has 0 aliphatic heterocycles. The van der Waals surface area contributed by atoms with Crippen molar-refractivity contribution < 1.29 is 4.79 Å². The molecule has 58 valence electrons. The quantitative estimate of drug-likeness (QED) is 0.552. The van der Waals surface area contributed by atoms with Gasteiger partial charge in [-0.3, -0.25) is 4.79 Å². The summed E-state index contributed by atoms with van der Waals surface area (Å²) in [5, 5.41) is 0.377. The Kier molecular flexibility index (Phi) is 2.62. The molecule has 11 heavy (non-hydrogen) atoms. The Hall–Kier alpha value is -0.410. The number of carbonyl (C=O) groups excluding carboxylic acids is 1. The summed E-state index contributed by atoms with van der Waals surface area (Å²) in [6.45, 7) is 1.48. The Bertz CT molecular complexity index is 300. The van der Waals surface area contributed by atoms with Gasteiger partial charge in [0, 0.05) is 0 Å². The Morgan fingerprint density at radius 2 is 2.27 bits per heavy atom. The minimum absolute atomic E-state index is 0.0268. The standard InChI is InChI=1S/C7H5BrClNO/c1-4(11)5-2-3-6(9)10-7(5)8/h2-3H,1H3. The third-order valence-corrected chi connectivity index (χ3v) is 2.01. The molecule has 0 saturated heterocycles. The first-order chi connectivity index (χ1) is 5.11. The summed E-state index contributed by atoms with van der Waals surface area (Å²) in [6.07, 6.45) is 0. The van der Waals surface area contributed by atoms with Gasteiger partial charge in [-0.1, -0.05) is 11.6 Å². The van der Waals surface area contributed by atoms with Crippen molar-refractivity contribution in [2.45, 2.75) is 6.92 Å². The number of nitrogens with zero attached hydrogens (tertiary/aromatic N) is 1. The number of halogens is 2. The minimum Gasteiger partial charge on any atom is -0.294 e. The zero-order valence-corrected chi connectivity index (χ0v) is 8.11. The molecule has 0 aromatic carbocycles. The molecule has 0 spiro atoms. The highest BCUT2D eigenvalue weighted by atomic mass is 79.9. The number of pyridine rings is 1. The Labute approximate surface area is 77.7 Å². The van der Waals surface area contributed by atoms with Crippen LogP contribution in [-0.2, 0) is 0 Å². The number of ketones is 1. The maximum Gasteiger partial charge on any atom is 0.162 e. The molecule has 0 atom stereocenters. The van der Waals surface area contributed by atoms with Gasteiger partial charge in [0.1, 0.15) is 9.76 Å². The normalized spacial score (nSPS) is 9.73. The van der Waals surface area contributed by atoms with Crippen LogP contribution < -0.4 is 0 Å². The van der Waals surface area contributed by atoms with Gasteiger partial charge in [0.25, 0.3) is 0 Å². The van der Waals surface area contributed by atoms with Crippen molar-refractivity contribution in [2.24, 2.45) is 0 Å². The molecule has 1 rings (SSSR count). The van der Waals surface area contributed by atoms with Crippen molar-refractivity contribution in [3.63, 3.8) is 0 Å². The fourth-order valence-corrected chi connectivity index (χ4v) is 1.53. The zero-order chi connectivity index (χ0) is 8.43. The predicted molar refractivity (Wildman–Crippen MR) is 47.0 cm³/mol. The molecule has 0 amide bonds. The molecule has 0 N–H and O–H groups in total. The van der Waals surface area contributed by atoms with Crippen LogP contribution in [0.3, 0.4) is 0 Å². The summed E-state index contributed by atoms with van der Waals surface area (Å²) < 4.78 is 0.498. The molecule has 0 fully saturated rings. The monoisotopic (exact) mass is 233 g/mol. The molecule has 0 aliphatic carbocycles. The van der Waals surface area contributed by atoms with Crippen LogP contribution in [0.25, 0.3) is 0 Å². The van der Waals surface area contributed by atoms with Crippen LogP contribution in [0, 0.1) is 0 Å². The smallest absolute Gasteiger partial charge is 0.162 e. The third kappa shape index (κ3) is 2.01. The lowest BCUT2D eigenvalue weighted by Crippen LogP contribution is -1.94. The molecule has 2 nitrogen and oxygen atoms in total. The first-order valence-electron chi connectivity index (χ1n) is 2.94. The summed E-state index contributed by atoms with van der Waals surface area (Å²) >= 11 is 8.70. The maximum absolute atomic E-state index is 10.9. The van der Waals surface area contributed by atoms with E-state index in [0.29, 0.717) is 15.3 Å². The van der Waals surface area contributed by atoms with Crippen LogP contribution in [0.15, 0.2) is 16.7 Å². The van der Waals surface area contributed by atoms with E-state index in [1.54, 1.807) is 12.1 Å². The highest BCUT2D eigenvalue weighted by Gasteiger charge is 2.05. The molecule has 1 heterocycles. The van der Waals surface area contributed by atoms with Gasteiger partial charge < -0.3 is 0 Å². The van der Waals surface area contributed by atoms with E-state index in [1.807, 2.05) is 0 Å². The minimum atomic E-state index is -0.0268. The number of hydrogen-bond donors (Lipinski definition) is 0. The SMILES string of the molecule is CC(=O)c1ccc(Cl)nc1Br. The van der Waals surface area contributed by atoms with Gasteiger partial charge in [0.05, 0.1) is 5.56 Å². The zero-order valence-electron chi connectivity index (χ0n) is 5.77. The molecule has 0 radical (unpaired) electrons. The van der Waals surface area contributed by atoms with Crippen molar-refractivity contribution in [3.8, 4) is 0 Å². The van der Waals surface area contributed by atoms with Crippen molar-refractivity contribution in [1.29, 1.82) is 0 Å². The first kappa shape index (κ1) is 8.68. The number of carbonyl (C=O) groups is 1. The maximum atomic E-state index is 10.9. The van der Waals surface area contributed by atoms with Crippen LogP contribution in [0.4, 0.5) is 0 Å². The number of rotatable bonds is 1. The molecular weight excluding hydrogens is 229 g/mol. The second kappa shape index (κ2) is 3.32. The van der Waals surface area contributed by atoms with Crippen molar-refractivity contribution in [2.75, 3.05) is 0 Å². The summed E-state index contributed by atoms with van der Waals surface area (Å²) in [4.78, 5) is 14.7. The summed E-state index contributed by atoms with van der Waals surface area (Å²) in [6, 6.07) is 3.23. The first-order valence-corrected chi connectivity index (χ1v) is 4.11. The summed E-state index contributed by atoms with van der Waals surface area (Å²) in [5.41, 5.74) is 0.550. The molecular formula is C7H5BrClNO. The van der Waals surface area contributed by atoms with Crippen LogP contribution in [-0.4, -0.2) is 10.8 Å². The van der Waals surface area contributed by atoms with E-state index in [0.717, 1.165) is 0 Å². The lowest BCUT2D eigenvalue weighted by atomic mass is 10.2. The molecule has 0 unspecified atom stereocenters. The summed E-state index contributed by atoms with van der Waals surface area (Å²) in [5.74, 6) is -0.0268. The van der Waals surface area contributed by atoms with Gasteiger partial charge in [-0.15, -0.1) is 0 Å². The fourth-order valence-electron chi connectivity index (χ4n) is 0.675. The molecule has 1 aromatic heterocycles. The summed E-state index contributed by atoms with van der Waals surface area (Å²) in [7, 11) is 0. The molecule has 1 aromatic rings. The van der Waals surface area contributed by atoms with E-state index in [1.165, 1.54) is 6.92 Å². The van der Waals surface area contributed by atoms with E-state index < -0.39 is 0 Å². The van der Waals surface area contributed by atoms with E-state index >= 15 is 0 Å².